The molecule has 1 amide bonds. The van der Waals surface area contributed by atoms with Gasteiger partial charge in [-0.1, -0.05) is 17.3 Å². The minimum Gasteiger partial charge on any atom is -0.409 e. The molecule has 0 aliphatic carbocycles. The van der Waals surface area contributed by atoms with Crippen LogP contribution in [0.3, 0.4) is 0 Å². The number of carbonyl (C=O) groups is 1. The summed E-state index contributed by atoms with van der Waals surface area (Å²) in [6.45, 7) is 1.38. The number of hydrogen-bond acceptors (Lipinski definition) is 4. The molecule has 1 fully saturated rings. The third kappa shape index (κ3) is 2.85. The molecule has 1 saturated heterocycles. The van der Waals surface area contributed by atoms with Crippen LogP contribution in [0, 0.1) is 5.92 Å². The summed E-state index contributed by atoms with van der Waals surface area (Å²) in [6.07, 6.45) is 0.838. The fourth-order valence-corrected chi connectivity index (χ4v) is 2.19. The monoisotopic (exact) mass is 263 g/mol. The number of benzene rings is 1. The number of rotatable bonds is 3. The van der Waals surface area contributed by atoms with E-state index in [1.54, 1.807) is 29.2 Å². The Morgan fingerprint density at radius 3 is 2.53 bits per heavy atom. The van der Waals surface area contributed by atoms with Crippen LogP contribution in [0.1, 0.15) is 22.3 Å². The topological polar surface area (TPSA) is 99.2 Å². The standard InChI is InChI=1S/C13H17N3O3/c14-12(15-19)10-1-3-11(4-2-10)13(18)16-6-5-9(7-16)8-17/h1-4,9,17,19H,5-8H2,(H2,14,15). The average Bonchev–Trinajstić information content (AvgIpc) is 2.94. The lowest BCUT2D eigenvalue weighted by Crippen LogP contribution is -2.29. The number of hydrogen-bond donors (Lipinski definition) is 3. The van der Waals surface area contributed by atoms with Gasteiger partial charge in [-0.3, -0.25) is 4.79 Å². The van der Waals surface area contributed by atoms with E-state index in [9.17, 15) is 4.79 Å². The number of amidine groups is 1. The summed E-state index contributed by atoms with van der Waals surface area (Å²) in [4.78, 5) is 13.9. The SMILES string of the molecule is N/C(=N/O)c1ccc(C(=O)N2CCC(CO)C2)cc1. The van der Waals surface area contributed by atoms with Crippen LogP contribution in [0.15, 0.2) is 29.4 Å². The molecular weight excluding hydrogens is 246 g/mol. The Morgan fingerprint density at radius 1 is 1.37 bits per heavy atom. The van der Waals surface area contributed by atoms with Crippen molar-refractivity contribution in [3.63, 3.8) is 0 Å². The second-order valence-corrected chi connectivity index (χ2v) is 4.65. The predicted octanol–water partition coefficient (Wildman–Crippen LogP) is 0.235. The van der Waals surface area contributed by atoms with Gasteiger partial charge in [0.1, 0.15) is 0 Å². The Kier molecular flexibility index (Phi) is 4.01. The Morgan fingerprint density at radius 2 is 2.00 bits per heavy atom. The summed E-state index contributed by atoms with van der Waals surface area (Å²) >= 11 is 0. The third-order valence-corrected chi connectivity index (χ3v) is 3.37. The molecule has 2 rings (SSSR count). The molecule has 0 radical (unpaired) electrons. The van der Waals surface area contributed by atoms with Crippen molar-refractivity contribution in [3.05, 3.63) is 35.4 Å². The number of nitrogens with zero attached hydrogens (tertiary/aromatic N) is 2. The smallest absolute Gasteiger partial charge is 0.253 e. The quantitative estimate of drug-likeness (QED) is 0.315. The zero-order chi connectivity index (χ0) is 13.8. The van der Waals surface area contributed by atoms with Gasteiger partial charge < -0.3 is 20.9 Å². The maximum absolute atomic E-state index is 12.2. The molecule has 1 heterocycles. The van der Waals surface area contributed by atoms with E-state index in [0.717, 1.165) is 6.42 Å². The van der Waals surface area contributed by atoms with E-state index in [4.69, 9.17) is 16.0 Å². The lowest BCUT2D eigenvalue weighted by molar-refractivity contribution is 0.0782. The number of aliphatic hydroxyl groups excluding tert-OH is 1. The van der Waals surface area contributed by atoms with E-state index < -0.39 is 0 Å². The van der Waals surface area contributed by atoms with Gasteiger partial charge >= 0.3 is 0 Å². The summed E-state index contributed by atoms with van der Waals surface area (Å²) in [5, 5.41) is 20.5. The highest BCUT2D eigenvalue weighted by Crippen LogP contribution is 2.18. The van der Waals surface area contributed by atoms with Gasteiger partial charge in [-0.05, 0) is 18.6 Å². The van der Waals surface area contributed by atoms with Gasteiger partial charge in [0.25, 0.3) is 5.91 Å². The van der Waals surface area contributed by atoms with Crippen molar-refractivity contribution >= 4 is 11.7 Å². The van der Waals surface area contributed by atoms with Crippen LogP contribution in [0.2, 0.25) is 0 Å². The normalized spacial score (nSPS) is 19.7. The van der Waals surface area contributed by atoms with Crippen LogP contribution >= 0.6 is 0 Å². The molecule has 1 atom stereocenters. The molecule has 6 nitrogen and oxygen atoms in total. The fourth-order valence-electron chi connectivity index (χ4n) is 2.19. The number of nitrogens with two attached hydrogens (primary N) is 1. The molecule has 102 valence electrons. The van der Waals surface area contributed by atoms with Crippen LogP contribution < -0.4 is 5.73 Å². The molecule has 6 heteroatoms. The molecule has 1 aromatic carbocycles. The first-order valence-electron chi connectivity index (χ1n) is 6.13. The van der Waals surface area contributed by atoms with E-state index in [0.29, 0.717) is 24.2 Å². The molecule has 0 saturated carbocycles. The first-order valence-corrected chi connectivity index (χ1v) is 6.13. The maximum Gasteiger partial charge on any atom is 0.253 e. The number of oxime groups is 1. The summed E-state index contributed by atoms with van der Waals surface area (Å²) in [6, 6.07) is 6.59. The van der Waals surface area contributed by atoms with E-state index in [1.165, 1.54) is 0 Å². The van der Waals surface area contributed by atoms with Crippen molar-refractivity contribution in [2.45, 2.75) is 6.42 Å². The van der Waals surface area contributed by atoms with Crippen molar-refractivity contribution < 1.29 is 15.1 Å². The van der Waals surface area contributed by atoms with Crippen LogP contribution in [-0.2, 0) is 0 Å². The number of aliphatic hydroxyl groups is 1. The van der Waals surface area contributed by atoms with Crippen LogP contribution in [-0.4, -0.2) is 46.7 Å². The Balaban J connectivity index is 2.08. The van der Waals surface area contributed by atoms with Gasteiger partial charge in [0.15, 0.2) is 5.84 Å². The average molecular weight is 263 g/mol. The van der Waals surface area contributed by atoms with E-state index in [2.05, 4.69) is 5.16 Å². The van der Waals surface area contributed by atoms with E-state index in [1.807, 2.05) is 0 Å². The highest BCUT2D eigenvalue weighted by Gasteiger charge is 2.26. The first kappa shape index (κ1) is 13.4. The maximum atomic E-state index is 12.2. The summed E-state index contributed by atoms with van der Waals surface area (Å²) in [7, 11) is 0. The molecule has 0 spiro atoms. The minimum absolute atomic E-state index is 0.0144. The fraction of sp³-hybridized carbons (Fsp3) is 0.385. The molecule has 0 aromatic heterocycles. The molecule has 0 bridgehead atoms. The van der Waals surface area contributed by atoms with Crippen molar-refractivity contribution in [2.75, 3.05) is 19.7 Å². The zero-order valence-electron chi connectivity index (χ0n) is 10.5. The van der Waals surface area contributed by atoms with Crippen LogP contribution in [0.4, 0.5) is 0 Å². The zero-order valence-corrected chi connectivity index (χ0v) is 10.5. The second-order valence-electron chi connectivity index (χ2n) is 4.65. The van der Waals surface area contributed by atoms with Gasteiger partial charge in [0.2, 0.25) is 0 Å². The summed E-state index contributed by atoms with van der Waals surface area (Å²) in [5.41, 5.74) is 6.58. The molecule has 1 aromatic rings. The summed E-state index contributed by atoms with van der Waals surface area (Å²) < 4.78 is 0. The predicted molar refractivity (Wildman–Crippen MR) is 70.0 cm³/mol. The number of carbonyl (C=O) groups excluding carboxylic acids is 1. The molecule has 1 aliphatic rings. The van der Waals surface area contributed by atoms with Crippen molar-refractivity contribution in [3.8, 4) is 0 Å². The Hall–Kier alpha value is -2.08. The van der Waals surface area contributed by atoms with Crippen molar-refractivity contribution in [1.29, 1.82) is 0 Å². The van der Waals surface area contributed by atoms with Gasteiger partial charge in [0, 0.05) is 36.7 Å². The first-order chi connectivity index (χ1) is 9.15. The van der Waals surface area contributed by atoms with Crippen LogP contribution in [0.25, 0.3) is 0 Å². The second kappa shape index (κ2) is 5.71. The third-order valence-electron chi connectivity index (χ3n) is 3.37. The minimum atomic E-state index is -0.0537. The largest absolute Gasteiger partial charge is 0.409 e. The van der Waals surface area contributed by atoms with Crippen LogP contribution in [0.5, 0.6) is 0 Å². The summed E-state index contributed by atoms with van der Waals surface area (Å²) in [5.74, 6) is 0.142. The van der Waals surface area contributed by atoms with Gasteiger partial charge in [-0.2, -0.15) is 0 Å². The molecule has 19 heavy (non-hydrogen) atoms. The van der Waals surface area contributed by atoms with E-state index in [-0.39, 0.29) is 24.3 Å². The van der Waals surface area contributed by atoms with Gasteiger partial charge in [-0.25, -0.2) is 0 Å². The molecule has 1 unspecified atom stereocenters. The highest BCUT2D eigenvalue weighted by atomic mass is 16.4. The molecule has 4 N–H and O–H groups in total. The Bertz CT molecular complexity index is 484. The highest BCUT2D eigenvalue weighted by molar-refractivity contribution is 5.99. The van der Waals surface area contributed by atoms with E-state index >= 15 is 0 Å². The Labute approximate surface area is 111 Å². The van der Waals surface area contributed by atoms with Crippen molar-refractivity contribution in [1.82, 2.24) is 4.90 Å². The lowest BCUT2D eigenvalue weighted by Gasteiger charge is -2.16. The van der Waals surface area contributed by atoms with Crippen molar-refractivity contribution in [2.24, 2.45) is 16.8 Å². The molecular formula is C13H17N3O3. The number of likely N-dealkylation sites (tertiary alicyclic amines) is 1. The van der Waals surface area contributed by atoms with Gasteiger partial charge in [0.05, 0.1) is 0 Å². The number of amides is 1. The molecule has 1 aliphatic heterocycles. The van der Waals surface area contributed by atoms with Gasteiger partial charge in [-0.15, -0.1) is 0 Å². The lowest BCUT2D eigenvalue weighted by atomic mass is 10.1.